The molecule has 0 fully saturated rings. The lowest BCUT2D eigenvalue weighted by Gasteiger charge is -2.18. The van der Waals surface area contributed by atoms with Crippen LogP contribution >= 0.6 is 0 Å². The molecule has 0 bridgehead atoms. The second kappa shape index (κ2) is 9.70. The van der Waals surface area contributed by atoms with Gasteiger partial charge in [0.2, 0.25) is 6.79 Å². The molecule has 1 aliphatic heterocycles. The van der Waals surface area contributed by atoms with Crippen LogP contribution in [-0.2, 0) is 9.63 Å². The van der Waals surface area contributed by atoms with Crippen LogP contribution in [0.4, 0.5) is 0 Å². The third-order valence-corrected chi connectivity index (χ3v) is 5.89. The molecule has 0 saturated heterocycles. The van der Waals surface area contributed by atoms with Gasteiger partial charge in [-0.25, -0.2) is 0 Å². The standard InChI is InChI=1S/C27H25N3O4/c1-18(20-11-12-25-26(13-20)33-17-32-25)30-34-16-27(31)29-14-22(19-7-3-2-4-8-19)23-15-28-24-10-6-5-9-21(23)24/h2-13,15,22,28H,14,16-17H2,1H3,(H,29,31)/b30-18+. The van der Waals surface area contributed by atoms with Crippen LogP contribution in [0.25, 0.3) is 10.9 Å². The van der Waals surface area contributed by atoms with Crippen molar-refractivity contribution < 1.29 is 19.1 Å². The molecule has 0 aliphatic carbocycles. The van der Waals surface area contributed by atoms with Crippen LogP contribution in [0.1, 0.15) is 29.5 Å². The third-order valence-electron chi connectivity index (χ3n) is 5.89. The van der Waals surface area contributed by atoms with E-state index in [4.69, 9.17) is 14.3 Å². The Balaban J connectivity index is 1.23. The first kappa shape index (κ1) is 21.6. The summed E-state index contributed by atoms with van der Waals surface area (Å²) in [4.78, 5) is 21.2. The van der Waals surface area contributed by atoms with E-state index in [0.29, 0.717) is 23.8 Å². The molecule has 1 atom stereocenters. The molecule has 34 heavy (non-hydrogen) atoms. The van der Waals surface area contributed by atoms with Crippen molar-refractivity contribution in [3.8, 4) is 11.5 Å². The summed E-state index contributed by atoms with van der Waals surface area (Å²) in [6.07, 6.45) is 2.02. The molecular formula is C27H25N3O4. The molecular weight excluding hydrogens is 430 g/mol. The fourth-order valence-corrected chi connectivity index (χ4v) is 4.10. The molecule has 1 aliphatic rings. The fraction of sp³-hybridized carbons (Fsp3) is 0.185. The number of hydrogen-bond acceptors (Lipinski definition) is 5. The maximum atomic E-state index is 12.5. The second-order valence-electron chi connectivity index (χ2n) is 8.08. The van der Waals surface area contributed by atoms with Gasteiger partial charge >= 0.3 is 0 Å². The molecule has 1 unspecified atom stereocenters. The number of carbonyl (C=O) groups is 1. The summed E-state index contributed by atoms with van der Waals surface area (Å²) in [7, 11) is 0. The number of rotatable bonds is 8. The number of H-pyrrole nitrogens is 1. The van der Waals surface area contributed by atoms with E-state index in [-0.39, 0.29) is 25.2 Å². The average molecular weight is 456 g/mol. The Kier molecular flexibility index (Phi) is 6.16. The maximum Gasteiger partial charge on any atom is 0.260 e. The van der Waals surface area contributed by atoms with E-state index in [0.717, 1.165) is 27.6 Å². The Hall–Kier alpha value is -4.26. The lowest BCUT2D eigenvalue weighted by atomic mass is 9.91. The largest absolute Gasteiger partial charge is 0.454 e. The van der Waals surface area contributed by atoms with E-state index in [1.165, 1.54) is 0 Å². The minimum atomic E-state index is -0.233. The summed E-state index contributed by atoms with van der Waals surface area (Å²) in [6.45, 7) is 2.31. The second-order valence-corrected chi connectivity index (χ2v) is 8.08. The first-order valence-corrected chi connectivity index (χ1v) is 11.1. The minimum Gasteiger partial charge on any atom is -0.454 e. The summed E-state index contributed by atoms with van der Waals surface area (Å²) in [5.74, 6) is 1.15. The molecule has 7 nitrogen and oxygen atoms in total. The number of carbonyl (C=O) groups excluding carboxylic acids is 1. The average Bonchev–Trinajstić information content (AvgIpc) is 3.52. The minimum absolute atomic E-state index is 0.000158. The summed E-state index contributed by atoms with van der Waals surface area (Å²) in [5.41, 5.74) is 4.83. The molecule has 2 heterocycles. The number of oxime groups is 1. The highest BCUT2D eigenvalue weighted by Crippen LogP contribution is 2.33. The van der Waals surface area contributed by atoms with Gasteiger partial charge in [-0.2, -0.15) is 0 Å². The molecule has 5 rings (SSSR count). The van der Waals surface area contributed by atoms with Gasteiger partial charge in [0.05, 0.1) is 5.71 Å². The van der Waals surface area contributed by atoms with Crippen LogP contribution < -0.4 is 14.8 Å². The predicted molar refractivity (Wildman–Crippen MR) is 130 cm³/mol. The van der Waals surface area contributed by atoms with Gasteiger partial charge < -0.3 is 24.6 Å². The number of hydrogen-bond donors (Lipinski definition) is 2. The van der Waals surface area contributed by atoms with Crippen molar-refractivity contribution in [1.82, 2.24) is 10.3 Å². The van der Waals surface area contributed by atoms with Crippen molar-refractivity contribution in [2.45, 2.75) is 12.8 Å². The Morgan fingerprint density at radius 1 is 1.06 bits per heavy atom. The highest BCUT2D eigenvalue weighted by molar-refractivity contribution is 5.99. The number of para-hydroxylation sites is 1. The van der Waals surface area contributed by atoms with Gasteiger partial charge in [-0.1, -0.05) is 53.7 Å². The fourth-order valence-electron chi connectivity index (χ4n) is 4.10. The van der Waals surface area contributed by atoms with Crippen molar-refractivity contribution >= 4 is 22.5 Å². The van der Waals surface area contributed by atoms with Gasteiger partial charge in [-0.05, 0) is 42.3 Å². The summed E-state index contributed by atoms with van der Waals surface area (Å²) in [6, 6.07) is 23.9. The molecule has 0 radical (unpaired) electrons. The predicted octanol–water partition coefficient (Wildman–Crippen LogP) is 4.59. The molecule has 4 aromatic rings. The van der Waals surface area contributed by atoms with Gasteiger partial charge in [0, 0.05) is 35.1 Å². The van der Waals surface area contributed by atoms with Gasteiger partial charge in [-0.15, -0.1) is 0 Å². The summed E-state index contributed by atoms with van der Waals surface area (Å²) in [5, 5.41) is 8.23. The molecule has 1 aromatic heterocycles. The molecule has 172 valence electrons. The third kappa shape index (κ3) is 4.59. The number of aromatic nitrogens is 1. The van der Waals surface area contributed by atoms with E-state index in [2.05, 4.69) is 33.7 Å². The van der Waals surface area contributed by atoms with Gasteiger partial charge in [0.1, 0.15) is 0 Å². The smallest absolute Gasteiger partial charge is 0.260 e. The van der Waals surface area contributed by atoms with Gasteiger partial charge in [-0.3, -0.25) is 4.79 Å². The molecule has 0 spiro atoms. The van der Waals surface area contributed by atoms with Crippen LogP contribution in [0.15, 0.2) is 84.1 Å². The van der Waals surface area contributed by atoms with E-state index >= 15 is 0 Å². The van der Waals surface area contributed by atoms with Crippen molar-refractivity contribution in [3.63, 3.8) is 0 Å². The Bertz CT molecular complexity index is 1330. The van der Waals surface area contributed by atoms with Crippen molar-refractivity contribution in [2.75, 3.05) is 19.9 Å². The number of nitrogens with one attached hydrogen (secondary N) is 2. The van der Waals surface area contributed by atoms with Crippen molar-refractivity contribution in [3.05, 3.63) is 95.7 Å². The topological polar surface area (TPSA) is 84.9 Å². The van der Waals surface area contributed by atoms with Crippen LogP contribution in [-0.4, -0.2) is 36.5 Å². The number of aromatic amines is 1. The van der Waals surface area contributed by atoms with Crippen molar-refractivity contribution in [1.29, 1.82) is 0 Å². The van der Waals surface area contributed by atoms with Crippen LogP contribution in [0, 0.1) is 0 Å². The highest BCUT2D eigenvalue weighted by atomic mass is 16.7. The number of fused-ring (bicyclic) bond motifs is 2. The molecule has 3 aromatic carbocycles. The summed E-state index contributed by atoms with van der Waals surface area (Å²) >= 11 is 0. The van der Waals surface area contributed by atoms with E-state index < -0.39 is 0 Å². The zero-order chi connectivity index (χ0) is 23.3. The molecule has 2 N–H and O–H groups in total. The zero-order valence-electron chi connectivity index (χ0n) is 18.8. The monoisotopic (exact) mass is 455 g/mol. The molecule has 7 heteroatoms. The van der Waals surface area contributed by atoms with E-state index in [1.807, 2.05) is 67.7 Å². The quantitative estimate of drug-likeness (QED) is 0.301. The number of amides is 1. The van der Waals surface area contributed by atoms with Crippen molar-refractivity contribution in [2.24, 2.45) is 5.16 Å². The SMILES string of the molecule is C/C(=N\OCC(=O)NCC(c1ccccc1)c1c[nH]c2ccccc12)c1ccc2c(c1)OCO2. The molecule has 1 amide bonds. The Morgan fingerprint density at radius 2 is 1.85 bits per heavy atom. The van der Waals surface area contributed by atoms with Gasteiger partial charge in [0.15, 0.2) is 18.1 Å². The van der Waals surface area contributed by atoms with Gasteiger partial charge in [0.25, 0.3) is 5.91 Å². The lowest BCUT2D eigenvalue weighted by Crippen LogP contribution is -2.31. The number of ether oxygens (including phenoxy) is 2. The van der Waals surface area contributed by atoms with Crippen LogP contribution in [0.3, 0.4) is 0 Å². The van der Waals surface area contributed by atoms with Crippen LogP contribution in [0.5, 0.6) is 11.5 Å². The van der Waals surface area contributed by atoms with Crippen LogP contribution in [0.2, 0.25) is 0 Å². The van der Waals surface area contributed by atoms with E-state index in [9.17, 15) is 4.79 Å². The first-order valence-electron chi connectivity index (χ1n) is 11.1. The maximum absolute atomic E-state index is 12.5. The van der Waals surface area contributed by atoms with E-state index in [1.54, 1.807) is 0 Å². The highest BCUT2D eigenvalue weighted by Gasteiger charge is 2.19. The molecule has 0 saturated carbocycles. The Morgan fingerprint density at radius 3 is 2.74 bits per heavy atom. The number of benzene rings is 3. The lowest BCUT2D eigenvalue weighted by molar-refractivity contribution is -0.125. The number of nitrogens with zero attached hydrogens (tertiary/aromatic N) is 1. The normalized spacial score (nSPS) is 13.6. The first-order chi connectivity index (χ1) is 16.7. The Labute approximate surface area is 197 Å². The summed E-state index contributed by atoms with van der Waals surface area (Å²) < 4.78 is 10.7. The zero-order valence-corrected chi connectivity index (χ0v) is 18.8.